The van der Waals surface area contributed by atoms with Crippen molar-refractivity contribution in [2.75, 3.05) is 19.0 Å². The normalized spacial score (nSPS) is 21.7. The molecule has 0 spiro atoms. The number of hydrogen-bond donors (Lipinski definition) is 2. The Morgan fingerprint density at radius 1 is 1.43 bits per heavy atom. The second-order valence-electron chi connectivity index (χ2n) is 5.25. The van der Waals surface area contributed by atoms with Gasteiger partial charge in [0.15, 0.2) is 0 Å². The van der Waals surface area contributed by atoms with Crippen LogP contribution in [0.2, 0.25) is 5.02 Å². The molecule has 1 aromatic rings. The lowest BCUT2D eigenvalue weighted by molar-refractivity contribution is -0.120. The van der Waals surface area contributed by atoms with Crippen LogP contribution in [0.15, 0.2) is 18.2 Å². The SMILES string of the molecule is COC(=O)c1ccc(NC(=O)[C@H]2CCN[C@@H](C)C2)cc1Cl. The number of halogens is 1. The first-order chi connectivity index (χ1) is 10.0. The van der Waals surface area contributed by atoms with Gasteiger partial charge in [0.2, 0.25) is 5.91 Å². The highest BCUT2D eigenvalue weighted by molar-refractivity contribution is 6.34. The van der Waals surface area contributed by atoms with E-state index in [0.29, 0.717) is 11.7 Å². The molecule has 1 aromatic carbocycles. The predicted octanol–water partition coefficient (Wildman–Crippen LogP) is 2.45. The fourth-order valence-electron chi connectivity index (χ4n) is 2.48. The lowest BCUT2D eigenvalue weighted by Crippen LogP contribution is -2.40. The number of rotatable bonds is 3. The van der Waals surface area contributed by atoms with Gasteiger partial charge in [0.25, 0.3) is 0 Å². The Bertz CT molecular complexity index is 548. The molecule has 21 heavy (non-hydrogen) atoms. The van der Waals surface area contributed by atoms with Crippen LogP contribution in [0.3, 0.4) is 0 Å². The summed E-state index contributed by atoms with van der Waals surface area (Å²) in [6.45, 7) is 2.92. The number of ether oxygens (including phenoxy) is 1. The molecule has 1 saturated heterocycles. The molecule has 1 aliphatic heterocycles. The van der Waals surface area contributed by atoms with E-state index < -0.39 is 5.97 Å². The zero-order valence-corrected chi connectivity index (χ0v) is 12.9. The topological polar surface area (TPSA) is 67.4 Å². The highest BCUT2D eigenvalue weighted by Gasteiger charge is 2.24. The molecule has 1 heterocycles. The van der Waals surface area contributed by atoms with Gasteiger partial charge in [-0.3, -0.25) is 4.79 Å². The average Bonchev–Trinajstić information content (AvgIpc) is 2.46. The van der Waals surface area contributed by atoms with Crippen molar-refractivity contribution in [3.8, 4) is 0 Å². The van der Waals surface area contributed by atoms with E-state index in [1.807, 2.05) is 0 Å². The molecule has 1 amide bonds. The van der Waals surface area contributed by atoms with E-state index in [-0.39, 0.29) is 22.4 Å². The van der Waals surface area contributed by atoms with Crippen molar-refractivity contribution in [2.45, 2.75) is 25.8 Å². The van der Waals surface area contributed by atoms with Gasteiger partial charge in [-0.15, -0.1) is 0 Å². The van der Waals surface area contributed by atoms with Crippen LogP contribution in [0.4, 0.5) is 5.69 Å². The number of esters is 1. The molecule has 2 N–H and O–H groups in total. The van der Waals surface area contributed by atoms with E-state index in [1.54, 1.807) is 18.2 Å². The van der Waals surface area contributed by atoms with Gasteiger partial charge < -0.3 is 15.4 Å². The van der Waals surface area contributed by atoms with Gasteiger partial charge in [-0.25, -0.2) is 4.79 Å². The van der Waals surface area contributed by atoms with Crippen molar-refractivity contribution in [1.82, 2.24) is 5.32 Å². The minimum Gasteiger partial charge on any atom is -0.465 e. The summed E-state index contributed by atoms with van der Waals surface area (Å²) in [6.07, 6.45) is 1.64. The molecule has 0 radical (unpaired) electrons. The Kier molecular flexibility index (Phi) is 5.20. The monoisotopic (exact) mass is 310 g/mol. The maximum atomic E-state index is 12.2. The molecule has 114 valence electrons. The largest absolute Gasteiger partial charge is 0.465 e. The standard InChI is InChI=1S/C15H19ClN2O3/c1-9-7-10(5-6-17-9)14(19)18-11-3-4-12(13(16)8-11)15(20)21-2/h3-4,8-10,17H,5-7H2,1-2H3,(H,18,19)/t9-,10-/m0/s1. The van der Waals surface area contributed by atoms with E-state index >= 15 is 0 Å². The van der Waals surface area contributed by atoms with Crippen LogP contribution in [-0.2, 0) is 9.53 Å². The zero-order valence-electron chi connectivity index (χ0n) is 12.1. The number of carbonyl (C=O) groups excluding carboxylic acids is 2. The van der Waals surface area contributed by atoms with Crippen molar-refractivity contribution in [1.29, 1.82) is 0 Å². The summed E-state index contributed by atoms with van der Waals surface area (Å²) in [5, 5.41) is 6.43. The molecule has 1 aliphatic rings. The third-order valence-corrected chi connectivity index (χ3v) is 3.95. The van der Waals surface area contributed by atoms with E-state index in [4.69, 9.17) is 11.6 Å². The summed E-state index contributed by atoms with van der Waals surface area (Å²) in [7, 11) is 1.30. The molecule has 0 aromatic heterocycles. The van der Waals surface area contributed by atoms with Crippen LogP contribution in [0, 0.1) is 5.92 Å². The Morgan fingerprint density at radius 2 is 2.19 bits per heavy atom. The minimum absolute atomic E-state index is 0.000286. The molecular formula is C15H19ClN2O3. The third kappa shape index (κ3) is 3.95. The Hall–Kier alpha value is -1.59. The molecule has 1 fully saturated rings. The fourth-order valence-corrected chi connectivity index (χ4v) is 2.74. The Labute approximate surface area is 129 Å². The maximum Gasteiger partial charge on any atom is 0.339 e. The minimum atomic E-state index is -0.495. The molecule has 2 atom stereocenters. The Balaban J connectivity index is 2.04. The molecule has 0 aliphatic carbocycles. The summed E-state index contributed by atoms with van der Waals surface area (Å²) < 4.78 is 4.63. The van der Waals surface area contributed by atoms with E-state index in [0.717, 1.165) is 19.4 Å². The zero-order chi connectivity index (χ0) is 15.4. The summed E-state index contributed by atoms with van der Waals surface area (Å²) in [5.74, 6) is -0.504. The van der Waals surface area contributed by atoms with Crippen LogP contribution in [-0.4, -0.2) is 31.6 Å². The number of piperidine rings is 1. The highest BCUT2D eigenvalue weighted by atomic mass is 35.5. The van der Waals surface area contributed by atoms with Crippen LogP contribution in [0.5, 0.6) is 0 Å². The lowest BCUT2D eigenvalue weighted by atomic mass is 9.92. The number of amides is 1. The van der Waals surface area contributed by atoms with Gasteiger partial charge in [-0.1, -0.05) is 11.6 Å². The molecule has 0 unspecified atom stereocenters. The average molecular weight is 311 g/mol. The van der Waals surface area contributed by atoms with Gasteiger partial charge in [0, 0.05) is 17.6 Å². The summed E-state index contributed by atoms with van der Waals surface area (Å²) in [5.41, 5.74) is 0.872. The smallest absolute Gasteiger partial charge is 0.339 e. The Morgan fingerprint density at radius 3 is 2.81 bits per heavy atom. The first kappa shape index (κ1) is 15.8. The number of carbonyl (C=O) groups is 2. The molecule has 5 nitrogen and oxygen atoms in total. The highest BCUT2D eigenvalue weighted by Crippen LogP contribution is 2.23. The van der Waals surface area contributed by atoms with Crippen molar-refractivity contribution in [3.05, 3.63) is 28.8 Å². The van der Waals surface area contributed by atoms with Crippen molar-refractivity contribution in [3.63, 3.8) is 0 Å². The van der Waals surface area contributed by atoms with Gasteiger partial charge in [-0.2, -0.15) is 0 Å². The first-order valence-corrected chi connectivity index (χ1v) is 7.31. The first-order valence-electron chi connectivity index (χ1n) is 6.93. The molecule has 0 saturated carbocycles. The number of hydrogen-bond acceptors (Lipinski definition) is 4. The van der Waals surface area contributed by atoms with Crippen molar-refractivity contribution < 1.29 is 14.3 Å². The van der Waals surface area contributed by atoms with E-state index in [9.17, 15) is 9.59 Å². The molecule has 0 bridgehead atoms. The molecule has 2 rings (SSSR count). The second-order valence-corrected chi connectivity index (χ2v) is 5.66. The lowest BCUT2D eigenvalue weighted by Gasteiger charge is -2.27. The number of methoxy groups -OCH3 is 1. The predicted molar refractivity (Wildman–Crippen MR) is 81.6 cm³/mol. The fraction of sp³-hybridized carbons (Fsp3) is 0.467. The molecule has 6 heteroatoms. The van der Waals surface area contributed by atoms with Crippen LogP contribution in [0.25, 0.3) is 0 Å². The number of nitrogens with one attached hydrogen (secondary N) is 2. The second kappa shape index (κ2) is 6.91. The van der Waals surface area contributed by atoms with Gasteiger partial charge in [0.1, 0.15) is 0 Å². The van der Waals surface area contributed by atoms with Crippen molar-refractivity contribution in [2.24, 2.45) is 5.92 Å². The van der Waals surface area contributed by atoms with E-state index in [2.05, 4.69) is 22.3 Å². The van der Waals surface area contributed by atoms with Gasteiger partial charge in [0.05, 0.1) is 17.7 Å². The quantitative estimate of drug-likeness (QED) is 0.842. The van der Waals surface area contributed by atoms with Crippen LogP contribution >= 0.6 is 11.6 Å². The van der Waals surface area contributed by atoms with E-state index in [1.165, 1.54) is 7.11 Å². The summed E-state index contributed by atoms with van der Waals surface area (Å²) in [6, 6.07) is 5.12. The van der Waals surface area contributed by atoms with Gasteiger partial charge in [-0.05, 0) is 44.5 Å². The maximum absolute atomic E-state index is 12.2. The summed E-state index contributed by atoms with van der Waals surface area (Å²) >= 11 is 6.03. The number of benzene rings is 1. The molecular weight excluding hydrogens is 292 g/mol. The third-order valence-electron chi connectivity index (χ3n) is 3.64. The van der Waals surface area contributed by atoms with Crippen LogP contribution in [0.1, 0.15) is 30.1 Å². The van der Waals surface area contributed by atoms with Crippen LogP contribution < -0.4 is 10.6 Å². The summed E-state index contributed by atoms with van der Waals surface area (Å²) in [4.78, 5) is 23.7. The van der Waals surface area contributed by atoms with Crippen molar-refractivity contribution >= 4 is 29.2 Å². The van der Waals surface area contributed by atoms with Gasteiger partial charge >= 0.3 is 5.97 Å². The number of anilines is 1.